The quantitative estimate of drug-likeness (QED) is 0.759. The average Bonchev–Trinajstić information content (AvgIpc) is 2.86. The van der Waals surface area contributed by atoms with Crippen molar-refractivity contribution in [1.82, 2.24) is 5.32 Å². The summed E-state index contributed by atoms with van der Waals surface area (Å²) in [6.45, 7) is -0.0807. The van der Waals surface area contributed by atoms with Crippen LogP contribution in [0.15, 0.2) is 18.2 Å². The summed E-state index contributed by atoms with van der Waals surface area (Å²) in [5.74, 6) is -1.11. The van der Waals surface area contributed by atoms with Gasteiger partial charge in [-0.1, -0.05) is 6.07 Å². The van der Waals surface area contributed by atoms with E-state index >= 15 is 0 Å². The second-order valence-corrected chi connectivity index (χ2v) is 4.73. The molecule has 0 radical (unpaired) electrons. The molecule has 3 N–H and O–H groups in total. The molecule has 2 rings (SSSR count). The topological polar surface area (TPSA) is 87.7 Å². The number of methoxy groups -OCH3 is 1. The number of carbonyl (C=O) groups is 2. The fourth-order valence-electron chi connectivity index (χ4n) is 2.28. The van der Waals surface area contributed by atoms with Gasteiger partial charge in [0.2, 0.25) is 0 Å². The fraction of sp³-hybridized carbons (Fsp3) is 0.429. The number of carboxylic acids is 1. The number of ether oxygens (including phenoxy) is 1. The minimum Gasteiger partial charge on any atom is -0.479 e. The summed E-state index contributed by atoms with van der Waals surface area (Å²) in [6, 6.07) is 5.40. The Morgan fingerprint density at radius 3 is 2.80 bits per heavy atom. The molecule has 0 heterocycles. The first-order chi connectivity index (χ1) is 9.60. The molecule has 1 aliphatic carbocycles. The SMILES string of the molecule is COC(CNC(=O)Nc1ccc2c(c1)CCC2)C(=O)O. The van der Waals surface area contributed by atoms with Crippen LogP contribution in [0.25, 0.3) is 0 Å². The van der Waals surface area contributed by atoms with Crippen molar-refractivity contribution in [3.8, 4) is 0 Å². The van der Waals surface area contributed by atoms with E-state index in [-0.39, 0.29) is 6.54 Å². The maximum atomic E-state index is 11.7. The molecule has 0 bridgehead atoms. The number of amides is 2. The normalized spacial score (nSPS) is 14.4. The lowest BCUT2D eigenvalue weighted by Crippen LogP contribution is -2.39. The molecule has 0 fully saturated rings. The number of carboxylic acid groups (broad SMARTS) is 1. The van der Waals surface area contributed by atoms with Gasteiger partial charge in [0.1, 0.15) is 0 Å². The molecule has 1 atom stereocenters. The van der Waals surface area contributed by atoms with Crippen LogP contribution in [0.1, 0.15) is 17.5 Å². The Labute approximate surface area is 117 Å². The number of urea groups is 1. The molecule has 1 aromatic carbocycles. The number of benzene rings is 1. The highest BCUT2D eigenvalue weighted by atomic mass is 16.5. The third-order valence-electron chi connectivity index (χ3n) is 3.36. The van der Waals surface area contributed by atoms with Crippen LogP contribution in [0.4, 0.5) is 10.5 Å². The highest BCUT2D eigenvalue weighted by molar-refractivity contribution is 5.89. The molecule has 108 valence electrons. The maximum Gasteiger partial charge on any atom is 0.334 e. The minimum absolute atomic E-state index is 0.0807. The van der Waals surface area contributed by atoms with Gasteiger partial charge in [-0.3, -0.25) is 0 Å². The van der Waals surface area contributed by atoms with Crippen molar-refractivity contribution < 1.29 is 19.4 Å². The van der Waals surface area contributed by atoms with E-state index in [1.165, 1.54) is 18.2 Å². The van der Waals surface area contributed by atoms with Crippen LogP contribution in [0.5, 0.6) is 0 Å². The largest absolute Gasteiger partial charge is 0.479 e. The Morgan fingerprint density at radius 1 is 1.35 bits per heavy atom. The van der Waals surface area contributed by atoms with Gasteiger partial charge in [0, 0.05) is 12.8 Å². The van der Waals surface area contributed by atoms with Crippen molar-refractivity contribution in [2.24, 2.45) is 0 Å². The second kappa shape index (κ2) is 6.38. The Balaban J connectivity index is 1.87. The average molecular weight is 278 g/mol. The monoisotopic (exact) mass is 278 g/mol. The fourth-order valence-corrected chi connectivity index (χ4v) is 2.28. The molecule has 20 heavy (non-hydrogen) atoms. The van der Waals surface area contributed by atoms with Crippen LogP contribution >= 0.6 is 0 Å². The lowest BCUT2D eigenvalue weighted by atomic mass is 10.1. The van der Waals surface area contributed by atoms with Crippen molar-refractivity contribution in [3.63, 3.8) is 0 Å². The molecule has 2 amide bonds. The van der Waals surface area contributed by atoms with Crippen LogP contribution in [0, 0.1) is 0 Å². The van der Waals surface area contributed by atoms with Crippen molar-refractivity contribution in [2.45, 2.75) is 25.4 Å². The first-order valence-corrected chi connectivity index (χ1v) is 6.52. The van der Waals surface area contributed by atoms with Crippen LogP contribution in [-0.4, -0.2) is 36.9 Å². The van der Waals surface area contributed by atoms with Gasteiger partial charge in [0.25, 0.3) is 0 Å². The number of aliphatic carboxylic acids is 1. The zero-order chi connectivity index (χ0) is 14.5. The third-order valence-corrected chi connectivity index (χ3v) is 3.36. The van der Waals surface area contributed by atoms with E-state index in [9.17, 15) is 9.59 Å². The molecule has 0 saturated carbocycles. The number of aryl methyl sites for hydroxylation is 2. The Kier molecular flexibility index (Phi) is 4.57. The van der Waals surface area contributed by atoms with Gasteiger partial charge in [-0.15, -0.1) is 0 Å². The first kappa shape index (κ1) is 14.3. The minimum atomic E-state index is -1.11. The molecule has 6 nitrogen and oxygen atoms in total. The lowest BCUT2D eigenvalue weighted by Gasteiger charge is -2.12. The number of rotatable bonds is 5. The summed E-state index contributed by atoms with van der Waals surface area (Å²) in [5, 5.41) is 14.0. The number of carbonyl (C=O) groups excluding carboxylic acids is 1. The predicted octanol–water partition coefficient (Wildman–Crippen LogP) is 1.40. The van der Waals surface area contributed by atoms with Crippen molar-refractivity contribution in [1.29, 1.82) is 0 Å². The molecule has 0 saturated heterocycles. The van der Waals surface area contributed by atoms with Gasteiger partial charge >= 0.3 is 12.0 Å². The van der Waals surface area contributed by atoms with Gasteiger partial charge in [-0.2, -0.15) is 0 Å². The van der Waals surface area contributed by atoms with E-state index in [1.807, 2.05) is 18.2 Å². The van der Waals surface area contributed by atoms with Crippen LogP contribution in [-0.2, 0) is 22.4 Å². The molecule has 1 aromatic rings. The highest BCUT2D eigenvalue weighted by Crippen LogP contribution is 2.24. The van der Waals surface area contributed by atoms with Gasteiger partial charge in [-0.25, -0.2) is 9.59 Å². The van der Waals surface area contributed by atoms with E-state index in [0.717, 1.165) is 19.3 Å². The molecule has 1 aliphatic rings. The summed E-state index contributed by atoms with van der Waals surface area (Å²) >= 11 is 0. The lowest BCUT2D eigenvalue weighted by molar-refractivity contribution is -0.147. The third kappa shape index (κ3) is 3.48. The summed E-state index contributed by atoms with van der Waals surface area (Å²) in [6.07, 6.45) is 2.24. The second-order valence-electron chi connectivity index (χ2n) is 4.73. The molecule has 6 heteroatoms. The zero-order valence-electron chi connectivity index (χ0n) is 11.3. The first-order valence-electron chi connectivity index (χ1n) is 6.52. The molecule has 1 unspecified atom stereocenters. The van der Waals surface area contributed by atoms with Gasteiger partial charge in [0.15, 0.2) is 6.10 Å². The van der Waals surface area contributed by atoms with Crippen molar-refractivity contribution in [2.75, 3.05) is 19.0 Å². The predicted molar refractivity (Wildman–Crippen MR) is 73.9 cm³/mol. The molecule has 0 aliphatic heterocycles. The van der Waals surface area contributed by atoms with E-state index in [1.54, 1.807) is 0 Å². The molecule has 0 spiro atoms. The van der Waals surface area contributed by atoms with Crippen molar-refractivity contribution in [3.05, 3.63) is 29.3 Å². The summed E-state index contributed by atoms with van der Waals surface area (Å²) in [4.78, 5) is 22.4. The number of fused-ring (bicyclic) bond motifs is 1. The Hall–Kier alpha value is -2.08. The van der Waals surface area contributed by atoms with Crippen molar-refractivity contribution >= 4 is 17.7 Å². The highest BCUT2D eigenvalue weighted by Gasteiger charge is 2.17. The van der Waals surface area contributed by atoms with Crippen LogP contribution < -0.4 is 10.6 Å². The molecular weight excluding hydrogens is 260 g/mol. The number of hydrogen-bond donors (Lipinski definition) is 3. The van der Waals surface area contributed by atoms with E-state index in [0.29, 0.717) is 5.69 Å². The number of anilines is 1. The number of nitrogens with one attached hydrogen (secondary N) is 2. The molecular formula is C14H18N2O4. The standard InChI is InChI=1S/C14H18N2O4/c1-20-12(13(17)18)8-15-14(19)16-11-6-5-9-3-2-4-10(9)7-11/h5-7,12H,2-4,8H2,1H3,(H,17,18)(H2,15,16,19). The van der Waals surface area contributed by atoms with Crippen LogP contribution in [0.2, 0.25) is 0 Å². The van der Waals surface area contributed by atoms with Gasteiger partial charge in [0.05, 0.1) is 6.54 Å². The zero-order valence-corrected chi connectivity index (χ0v) is 11.3. The summed E-state index contributed by atoms with van der Waals surface area (Å²) in [7, 11) is 1.29. The smallest absolute Gasteiger partial charge is 0.334 e. The maximum absolute atomic E-state index is 11.7. The number of hydrogen-bond acceptors (Lipinski definition) is 3. The van der Waals surface area contributed by atoms with Gasteiger partial charge < -0.3 is 20.5 Å². The van der Waals surface area contributed by atoms with E-state index < -0.39 is 18.1 Å². The molecule has 0 aromatic heterocycles. The summed E-state index contributed by atoms with van der Waals surface area (Å²) < 4.78 is 4.73. The van der Waals surface area contributed by atoms with E-state index in [4.69, 9.17) is 9.84 Å². The Morgan fingerprint density at radius 2 is 2.10 bits per heavy atom. The van der Waals surface area contributed by atoms with Gasteiger partial charge in [-0.05, 0) is 42.5 Å². The Bertz CT molecular complexity index is 516. The summed E-state index contributed by atoms with van der Waals surface area (Å²) in [5.41, 5.74) is 3.32. The van der Waals surface area contributed by atoms with Crippen LogP contribution in [0.3, 0.4) is 0 Å². The van der Waals surface area contributed by atoms with E-state index in [2.05, 4.69) is 10.6 Å².